The second-order valence-electron chi connectivity index (χ2n) is 5.31. The lowest BCUT2D eigenvalue weighted by atomic mass is 9.98. The fourth-order valence-electron chi connectivity index (χ4n) is 2.67. The van der Waals surface area contributed by atoms with E-state index in [9.17, 15) is 15.0 Å². The van der Waals surface area contributed by atoms with E-state index in [-0.39, 0.29) is 6.61 Å². The molecule has 2 heterocycles. The Bertz CT molecular complexity index is 515. The molecule has 0 spiro atoms. The van der Waals surface area contributed by atoms with E-state index in [1.54, 1.807) is 24.3 Å². The Kier molecular flexibility index (Phi) is 4.53. The number of fused-ring (bicyclic) bond motifs is 1. The molecule has 7 heteroatoms. The molecule has 1 unspecified atom stereocenters. The molecular formula is C15H18O7. The van der Waals surface area contributed by atoms with E-state index < -0.39 is 37.0 Å². The molecule has 0 saturated carbocycles. The Balaban J connectivity index is 1.73. The van der Waals surface area contributed by atoms with Gasteiger partial charge in [0, 0.05) is 18.2 Å². The van der Waals surface area contributed by atoms with Crippen LogP contribution in [0, 0.1) is 0 Å². The fourth-order valence-corrected chi connectivity index (χ4v) is 2.67. The molecule has 3 rings (SSSR count). The number of benzene rings is 1. The van der Waals surface area contributed by atoms with Gasteiger partial charge in [-0.05, 0) is 0 Å². The van der Waals surface area contributed by atoms with Crippen LogP contribution in [0.15, 0.2) is 24.3 Å². The summed E-state index contributed by atoms with van der Waals surface area (Å²) in [6.07, 6.45) is -4.41. The van der Waals surface area contributed by atoms with E-state index in [1.807, 2.05) is 0 Å². The van der Waals surface area contributed by atoms with Crippen molar-refractivity contribution in [3.05, 3.63) is 35.4 Å². The molecule has 2 fully saturated rings. The number of hydrogen-bond acceptors (Lipinski definition) is 7. The molecule has 1 aromatic rings. The summed E-state index contributed by atoms with van der Waals surface area (Å²) in [5, 5.41) is 20.1. The zero-order valence-corrected chi connectivity index (χ0v) is 12.0. The van der Waals surface area contributed by atoms with E-state index >= 15 is 0 Å². The number of carbonyl (C=O) groups excluding carboxylic acids is 1. The predicted molar refractivity (Wildman–Crippen MR) is 73.1 cm³/mol. The molecule has 6 atom stereocenters. The molecule has 0 aliphatic carbocycles. The van der Waals surface area contributed by atoms with Crippen LogP contribution in [0.1, 0.15) is 22.2 Å². The highest BCUT2D eigenvalue weighted by Crippen LogP contribution is 2.34. The standard InChI is InChI=1S/C15H18O7/c1-19-15-12(18)11(17)13-10(21-15)7-20-14(22-13)9-4-2-8(6-16)3-5-9/h2-6,10-15,17-18H,7H2,1H3/t10-,11-,12-,13+,14?,15+/m1/s1. The van der Waals surface area contributed by atoms with E-state index in [2.05, 4.69) is 0 Å². The number of ether oxygens (including phenoxy) is 4. The highest BCUT2D eigenvalue weighted by molar-refractivity contribution is 5.74. The maximum atomic E-state index is 10.7. The van der Waals surface area contributed by atoms with Crippen LogP contribution in [-0.4, -0.2) is 60.9 Å². The molecule has 0 aromatic heterocycles. The molecular weight excluding hydrogens is 292 g/mol. The number of carbonyl (C=O) groups is 1. The van der Waals surface area contributed by atoms with Crippen LogP contribution >= 0.6 is 0 Å². The second-order valence-corrected chi connectivity index (χ2v) is 5.31. The maximum absolute atomic E-state index is 10.7. The topological polar surface area (TPSA) is 94.5 Å². The van der Waals surface area contributed by atoms with Gasteiger partial charge < -0.3 is 29.2 Å². The average Bonchev–Trinajstić information content (AvgIpc) is 2.58. The van der Waals surface area contributed by atoms with Crippen molar-refractivity contribution in [2.24, 2.45) is 0 Å². The summed E-state index contributed by atoms with van der Waals surface area (Å²) in [5.74, 6) is 0. The smallest absolute Gasteiger partial charge is 0.186 e. The molecule has 7 nitrogen and oxygen atoms in total. The van der Waals surface area contributed by atoms with Crippen molar-refractivity contribution in [3.63, 3.8) is 0 Å². The van der Waals surface area contributed by atoms with Crippen LogP contribution in [0.3, 0.4) is 0 Å². The summed E-state index contributed by atoms with van der Waals surface area (Å²) in [6, 6.07) is 6.76. The molecule has 2 aliphatic heterocycles. The summed E-state index contributed by atoms with van der Waals surface area (Å²) in [6.45, 7) is 0.203. The zero-order chi connectivity index (χ0) is 15.7. The van der Waals surface area contributed by atoms with Crippen LogP contribution in [0.2, 0.25) is 0 Å². The first-order valence-corrected chi connectivity index (χ1v) is 7.00. The molecule has 0 radical (unpaired) electrons. The van der Waals surface area contributed by atoms with Gasteiger partial charge in [-0.1, -0.05) is 24.3 Å². The second kappa shape index (κ2) is 6.41. The third-order valence-corrected chi connectivity index (χ3v) is 3.91. The lowest BCUT2D eigenvalue weighted by molar-refractivity contribution is -0.358. The molecule has 2 aliphatic rings. The first kappa shape index (κ1) is 15.5. The number of aliphatic hydroxyl groups excluding tert-OH is 2. The van der Waals surface area contributed by atoms with Crippen molar-refractivity contribution < 1.29 is 34.0 Å². The first-order chi connectivity index (χ1) is 10.6. The van der Waals surface area contributed by atoms with Crippen LogP contribution in [0.25, 0.3) is 0 Å². The number of aliphatic hydroxyl groups is 2. The van der Waals surface area contributed by atoms with Crippen LogP contribution < -0.4 is 0 Å². The van der Waals surface area contributed by atoms with E-state index in [0.29, 0.717) is 5.56 Å². The Morgan fingerprint density at radius 1 is 1.18 bits per heavy atom. The third kappa shape index (κ3) is 2.79. The molecule has 0 bridgehead atoms. The Morgan fingerprint density at radius 3 is 2.55 bits per heavy atom. The van der Waals surface area contributed by atoms with Crippen LogP contribution in [-0.2, 0) is 18.9 Å². The van der Waals surface area contributed by atoms with Gasteiger partial charge in [-0.15, -0.1) is 0 Å². The highest BCUT2D eigenvalue weighted by atomic mass is 16.7. The molecule has 2 N–H and O–H groups in total. The molecule has 0 amide bonds. The van der Waals surface area contributed by atoms with Crippen molar-refractivity contribution in [1.82, 2.24) is 0 Å². The minimum absolute atomic E-state index is 0.203. The summed E-state index contributed by atoms with van der Waals surface area (Å²) < 4.78 is 21.8. The fraction of sp³-hybridized carbons (Fsp3) is 0.533. The Morgan fingerprint density at radius 2 is 1.91 bits per heavy atom. The number of aldehydes is 1. The summed E-state index contributed by atoms with van der Waals surface area (Å²) >= 11 is 0. The summed E-state index contributed by atoms with van der Waals surface area (Å²) in [5.41, 5.74) is 1.27. The monoisotopic (exact) mass is 310 g/mol. The van der Waals surface area contributed by atoms with E-state index in [4.69, 9.17) is 18.9 Å². The van der Waals surface area contributed by atoms with Gasteiger partial charge in [0.05, 0.1) is 6.61 Å². The third-order valence-electron chi connectivity index (χ3n) is 3.91. The predicted octanol–water partition coefficient (Wildman–Crippen LogP) is 0.00620. The number of methoxy groups -OCH3 is 1. The van der Waals surface area contributed by atoms with Gasteiger partial charge in [-0.2, -0.15) is 0 Å². The molecule has 22 heavy (non-hydrogen) atoms. The van der Waals surface area contributed by atoms with Crippen molar-refractivity contribution in [2.45, 2.75) is 37.0 Å². The van der Waals surface area contributed by atoms with Crippen molar-refractivity contribution in [3.8, 4) is 0 Å². The maximum Gasteiger partial charge on any atom is 0.186 e. The van der Waals surface area contributed by atoms with Gasteiger partial charge in [0.1, 0.15) is 30.7 Å². The SMILES string of the molecule is CO[C@H]1O[C@@H]2COC(c3ccc(C=O)cc3)O[C@@H]2[C@H](O)[C@H]1O. The van der Waals surface area contributed by atoms with Gasteiger partial charge in [-0.3, -0.25) is 4.79 Å². The summed E-state index contributed by atoms with van der Waals surface area (Å²) in [4.78, 5) is 10.7. The minimum Gasteiger partial charge on any atom is -0.387 e. The lowest BCUT2D eigenvalue weighted by Gasteiger charge is -2.45. The van der Waals surface area contributed by atoms with Crippen molar-refractivity contribution in [1.29, 1.82) is 0 Å². The Labute approximate surface area is 127 Å². The van der Waals surface area contributed by atoms with Crippen molar-refractivity contribution in [2.75, 3.05) is 13.7 Å². The average molecular weight is 310 g/mol. The molecule has 2 saturated heterocycles. The van der Waals surface area contributed by atoms with E-state index in [0.717, 1.165) is 11.8 Å². The van der Waals surface area contributed by atoms with Crippen LogP contribution in [0.5, 0.6) is 0 Å². The summed E-state index contributed by atoms with van der Waals surface area (Å²) in [7, 11) is 1.39. The largest absolute Gasteiger partial charge is 0.387 e. The van der Waals surface area contributed by atoms with Gasteiger partial charge in [0.2, 0.25) is 0 Å². The minimum atomic E-state index is -1.19. The van der Waals surface area contributed by atoms with Gasteiger partial charge >= 0.3 is 0 Å². The first-order valence-electron chi connectivity index (χ1n) is 7.00. The molecule has 120 valence electrons. The highest BCUT2D eigenvalue weighted by Gasteiger charge is 2.48. The Hall–Kier alpha value is -1.35. The zero-order valence-electron chi connectivity index (χ0n) is 12.0. The normalized spacial score (nSPS) is 38.3. The number of rotatable bonds is 3. The van der Waals surface area contributed by atoms with Gasteiger partial charge in [0.25, 0.3) is 0 Å². The molecule has 1 aromatic carbocycles. The van der Waals surface area contributed by atoms with Crippen molar-refractivity contribution >= 4 is 6.29 Å². The van der Waals surface area contributed by atoms with Gasteiger partial charge in [0.15, 0.2) is 12.6 Å². The quantitative estimate of drug-likeness (QED) is 0.759. The number of hydrogen-bond donors (Lipinski definition) is 2. The lowest BCUT2D eigenvalue weighted by Crippen LogP contribution is -2.62. The van der Waals surface area contributed by atoms with Crippen LogP contribution in [0.4, 0.5) is 0 Å². The van der Waals surface area contributed by atoms with E-state index in [1.165, 1.54) is 7.11 Å². The van der Waals surface area contributed by atoms with Gasteiger partial charge in [-0.25, -0.2) is 0 Å².